The molecule has 1 aromatic heterocycles. The van der Waals surface area contributed by atoms with Gasteiger partial charge in [0.25, 0.3) is 0 Å². The topological polar surface area (TPSA) is 50.9 Å². The Balaban J connectivity index is 1.63. The van der Waals surface area contributed by atoms with E-state index in [4.69, 9.17) is 0 Å². The van der Waals surface area contributed by atoms with Crippen molar-refractivity contribution < 1.29 is 5.11 Å². The summed E-state index contributed by atoms with van der Waals surface area (Å²) in [6.07, 6.45) is 0.695. The fraction of sp³-hybridized carbons (Fsp3) is 0.280. The molecule has 148 valence electrons. The Bertz CT molecular complexity index is 1110. The third-order valence-electron chi connectivity index (χ3n) is 5.38. The molecule has 1 N–H and O–H groups in total. The molecule has 0 saturated carbocycles. The van der Waals surface area contributed by atoms with Crippen LogP contribution in [0, 0.1) is 0 Å². The number of nitrogens with zero attached hydrogens (tertiary/aromatic N) is 3. The molecule has 0 atom stereocenters. The molecule has 29 heavy (non-hydrogen) atoms. The van der Waals surface area contributed by atoms with Crippen LogP contribution in [0.3, 0.4) is 0 Å². The molecule has 1 heterocycles. The number of phenolic OH excluding ortho intramolecular Hbond substituents is 1. The van der Waals surface area contributed by atoms with Gasteiger partial charge in [-0.05, 0) is 58.4 Å². The zero-order valence-electron chi connectivity index (χ0n) is 17.4. The number of hydrogen-bond donors (Lipinski definition) is 1. The van der Waals surface area contributed by atoms with E-state index in [1.165, 1.54) is 5.56 Å². The van der Waals surface area contributed by atoms with Crippen LogP contribution in [0.5, 0.6) is 5.75 Å². The summed E-state index contributed by atoms with van der Waals surface area (Å²) < 4.78 is 0. The van der Waals surface area contributed by atoms with E-state index in [-0.39, 0.29) is 5.92 Å². The molecular formula is C25H27N3O. The predicted molar refractivity (Wildman–Crippen MR) is 118 cm³/mol. The number of fused-ring (bicyclic) bond motifs is 1. The summed E-state index contributed by atoms with van der Waals surface area (Å²) in [6, 6.07) is 20.4. The lowest BCUT2D eigenvalue weighted by molar-refractivity contribution is 0.458. The molecular weight excluding hydrogens is 358 g/mol. The number of benzene rings is 3. The average molecular weight is 386 g/mol. The zero-order valence-corrected chi connectivity index (χ0v) is 17.4. The fourth-order valence-corrected chi connectivity index (χ4v) is 3.59. The predicted octanol–water partition coefficient (Wildman–Crippen LogP) is 5.96. The van der Waals surface area contributed by atoms with Gasteiger partial charge in [-0.3, -0.25) is 0 Å². The minimum Gasteiger partial charge on any atom is -0.507 e. The molecule has 0 spiro atoms. The van der Waals surface area contributed by atoms with Crippen molar-refractivity contribution in [1.29, 1.82) is 0 Å². The smallest absolute Gasteiger partial charge is 0.122 e. The van der Waals surface area contributed by atoms with Crippen molar-refractivity contribution in [2.45, 2.75) is 46.0 Å². The summed E-state index contributed by atoms with van der Waals surface area (Å²) in [5.41, 5.74) is 7.11. The first kappa shape index (κ1) is 19.2. The van der Waals surface area contributed by atoms with Gasteiger partial charge in [0.2, 0.25) is 0 Å². The summed E-state index contributed by atoms with van der Waals surface area (Å²) >= 11 is 0. The maximum Gasteiger partial charge on any atom is 0.122 e. The zero-order chi connectivity index (χ0) is 20.5. The summed E-state index contributed by atoms with van der Waals surface area (Å²) in [6.45, 7) is 8.63. The van der Waals surface area contributed by atoms with E-state index >= 15 is 0 Å². The molecule has 0 fully saturated rings. The Morgan fingerprint density at radius 1 is 0.828 bits per heavy atom. The Labute approximate surface area is 171 Å². The molecule has 0 saturated heterocycles. The Morgan fingerprint density at radius 2 is 1.45 bits per heavy atom. The molecule has 4 rings (SSSR count). The van der Waals surface area contributed by atoms with Crippen LogP contribution in [0.15, 0.2) is 60.7 Å². The molecule has 4 nitrogen and oxygen atoms in total. The van der Waals surface area contributed by atoms with Gasteiger partial charge in [0.05, 0.1) is 5.69 Å². The largest absolute Gasteiger partial charge is 0.507 e. The lowest BCUT2D eigenvalue weighted by atomic mass is 9.90. The first-order valence-electron chi connectivity index (χ1n) is 10.2. The van der Waals surface area contributed by atoms with Gasteiger partial charge in [0.1, 0.15) is 16.8 Å². The average Bonchev–Trinajstić information content (AvgIpc) is 3.14. The number of hydrogen-bond acceptors (Lipinski definition) is 3. The third kappa shape index (κ3) is 3.88. The number of aromatic nitrogens is 3. The van der Waals surface area contributed by atoms with Crippen molar-refractivity contribution in [1.82, 2.24) is 15.0 Å². The lowest BCUT2D eigenvalue weighted by Crippen LogP contribution is -2.01. The molecule has 0 aliphatic carbocycles. The van der Waals surface area contributed by atoms with E-state index in [0.717, 1.165) is 33.4 Å². The highest BCUT2D eigenvalue weighted by molar-refractivity contribution is 5.73. The quantitative estimate of drug-likeness (QED) is 0.461. The van der Waals surface area contributed by atoms with Gasteiger partial charge in [0, 0.05) is 6.42 Å². The van der Waals surface area contributed by atoms with Crippen molar-refractivity contribution in [2.24, 2.45) is 0 Å². The van der Waals surface area contributed by atoms with Gasteiger partial charge in [0.15, 0.2) is 0 Å². The van der Waals surface area contributed by atoms with Crippen LogP contribution < -0.4 is 0 Å². The summed E-state index contributed by atoms with van der Waals surface area (Å²) in [4.78, 5) is 1.67. The molecule has 0 amide bonds. The minimum absolute atomic E-state index is 0.287. The second kappa shape index (κ2) is 7.70. The molecule has 0 aliphatic rings. The van der Waals surface area contributed by atoms with Crippen LogP contribution in [-0.4, -0.2) is 20.1 Å². The molecule has 0 bridgehead atoms. The standard InChI is InChI=1S/C25H27N3O/c1-16(2)19-14-20(25(29)22(15-19)17(3)4)13-18-9-11-21(12-10-18)28-26-23-7-5-6-8-24(23)27-28/h5-12,14-17,29H,13H2,1-4H3. The monoisotopic (exact) mass is 385 g/mol. The van der Waals surface area contributed by atoms with Gasteiger partial charge < -0.3 is 5.11 Å². The maximum atomic E-state index is 10.8. The van der Waals surface area contributed by atoms with E-state index in [1.54, 1.807) is 4.80 Å². The van der Waals surface area contributed by atoms with Crippen LogP contribution in [0.1, 0.15) is 61.8 Å². The van der Waals surface area contributed by atoms with Gasteiger partial charge in [-0.25, -0.2) is 0 Å². The summed E-state index contributed by atoms with van der Waals surface area (Å²) in [5.74, 6) is 1.14. The van der Waals surface area contributed by atoms with E-state index in [9.17, 15) is 5.11 Å². The molecule has 3 aromatic carbocycles. The van der Waals surface area contributed by atoms with Gasteiger partial charge in [-0.15, -0.1) is 10.2 Å². The Kier molecular flexibility index (Phi) is 5.10. The first-order chi connectivity index (χ1) is 13.9. The maximum absolute atomic E-state index is 10.8. The minimum atomic E-state index is 0.287. The fourth-order valence-electron chi connectivity index (χ4n) is 3.59. The molecule has 0 aliphatic heterocycles. The van der Waals surface area contributed by atoms with E-state index < -0.39 is 0 Å². The van der Waals surface area contributed by atoms with E-state index in [0.29, 0.717) is 18.1 Å². The highest BCUT2D eigenvalue weighted by atomic mass is 16.3. The number of phenols is 1. The molecule has 4 aromatic rings. The van der Waals surface area contributed by atoms with Crippen LogP contribution in [0.25, 0.3) is 16.7 Å². The lowest BCUT2D eigenvalue weighted by Gasteiger charge is -2.17. The number of aromatic hydroxyl groups is 1. The highest BCUT2D eigenvalue weighted by Gasteiger charge is 2.15. The van der Waals surface area contributed by atoms with Crippen molar-refractivity contribution in [3.8, 4) is 11.4 Å². The first-order valence-corrected chi connectivity index (χ1v) is 10.2. The van der Waals surface area contributed by atoms with E-state index in [2.05, 4.69) is 62.2 Å². The van der Waals surface area contributed by atoms with Crippen LogP contribution in [0.2, 0.25) is 0 Å². The molecule has 0 unspecified atom stereocenters. The second-order valence-corrected chi connectivity index (χ2v) is 8.25. The highest BCUT2D eigenvalue weighted by Crippen LogP contribution is 2.34. The van der Waals surface area contributed by atoms with Crippen molar-refractivity contribution in [3.63, 3.8) is 0 Å². The van der Waals surface area contributed by atoms with Crippen LogP contribution in [0.4, 0.5) is 0 Å². The number of rotatable bonds is 5. The molecule has 0 radical (unpaired) electrons. The van der Waals surface area contributed by atoms with Gasteiger partial charge >= 0.3 is 0 Å². The third-order valence-corrected chi connectivity index (χ3v) is 5.38. The normalized spacial score (nSPS) is 11.7. The summed E-state index contributed by atoms with van der Waals surface area (Å²) in [7, 11) is 0. The van der Waals surface area contributed by atoms with E-state index in [1.807, 2.05) is 36.4 Å². The van der Waals surface area contributed by atoms with Crippen molar-refractivity contribution in [3.05, 3.63) is 82.9 Å². The second-order valence-electron chi connectivity index (χ2n) is 8.25. The van der Waals surface area contributed by atoms with Gasteiger partial charge in [-0.2, -0.15) is 4.80 Å². The SMILES string of the molecule is CC(C)c1cc(Cc2ccc(-n3nc4ccccc4n3)cc2)c(O)c(C(C)C)c1. The summed E-state index contributed by atoms with van der Waals surface area (Å²) in [5, 5.41) is 19.9. The van der Waals surface area contributed by atoms with Gasteiger partial charge in [-0.1, -0.05) is 64.1 Å². The van der Waals surface area contributed by atoms with Crippen LogP contribution in [-0.2, 0) is 6.42 Å². The van der Waals surface area contributed by atoms with Crippen molar-refractivity contribution in [2.75, 3.05) is 0 Å². The van der Waals surface area contributed by atoms with Crippen LogP contribution >= 0.6 is 0 Å². The Morgan fingerprint density at radius 3 is 2.00 bits per heavy atom. The van der Waals surface area contributed by atoms with Crippen molar-refractivity contribution >= 4 is 11.0 Å². The molecule has 4 heteroatoms. The Hall–Kier alpha value is -3.14.